The van der Waals surface area contributed by atoms with Crippen molar-refractivity contribution in [2.24, 2.45) is 0 Å². The molecule has 0 aromatic carbocycles. The van der Waals surface area contributed by atoms with Crippen LogP contribution in [0.15, 0.2) is 0 Å². The van der Waals surface area contributed by atoms with E-state index in [9.17, 15) is 4.79 Å². The molecule has 0 aromatic heterocycles. The maximum absolute atomic E-state index is 9.82. The fourth-order valence-corrected chi connectivity index (χ4v) is 0.203. The molecule has 0 heterocycles. The van der Waals surface area contributed by atoms with Crippen LogP contribution in [0, 0.1) is 41.7 Å². The van der Waals surface area contributed by atoms with E-state index >= 15 is 0 Å². The van der Waals surface area contributed by atoms with Crippen molar-refractivity contribution in [3.05, 3.63) is 0 Å². The van der Waals surface area contributed by atoms with E-state index in [1.165, 1.54) is 6.92 Å². The first-order valence-electron chi connectivity index (χ1n) is 3.90. The van der Waals surface area contributed by atoms with Gasteiger partial charge in [0, 0.05) is 17.3 Å². The molecule has 0 bridgehead atoms. The van der Waals surface area contributed by atoms with E-state index in [-0.39, 0.29) is 60.0 Å². The minimum atomic E-state index is -6.02. The molecule has 0 fully saturated rings. The summed E-state index contributed by atoms with van der Waals surface area (Å²) < 4.78 is 108. The number of hydrogen-bond acceptors (Lipinski definition) is 14. The molecule has 0 spiro atoms. The van der Waals surface area contributed by atoms with Gasteiger partial charge in [0.25, 0.3) is 0 Å². The molecule has 0 aromatic rings. The van der Waals surface area contributed by atoms with E-state index < -0.39 is 43.9 Å². The SMILES string of the molecule is CCOC(C)=O.O=S(=O)([O-])[O-].[Ce+4].[NH4+].[NH4+].[O]=[Mo](=[O])([O-])[O-].[O]=[Mo](=[O])([O-])[O-]. The molecule has 0 saturated carbocycles. The fraction of sp³-hybridized carbons (Fsp3) is 0.750. The van der Waals surface area contributed by atoms with Crippen molar-refractivity contribution in [2.45, 2.75) is 13.8 Å². The summed E-state index contributed by atoms with van der Waals surface area (Å²) in [7, 11) is -5.17. The van der Waals surface area contributed by atoms with Crippen LogP contribution in [0.1, 0.15) is 13.8 Å². The van der Waals surface area contributed by atoms with Gasteiger partial charge in [0.2, 0.25) is 0 Å². The Balaban J connectivity index is -0.0000000309. The Labute approximate surface area is 178 Å². The quantitative estimate of drug-likeness (QED) is 0.113. The zero-order chi connectivity index (χ0) is 18.5. The summed E-state index contributed by atoms with van der Waals surface area (Å²) in [6.45, 7) is 3.65. The second-order valence-corrected chi connectivity index (χ2v) is 6.98. The molecule has 0 rings (SSSR count). The number of ether oxygens (including phenoxy) is 1. The van der Waals surface area contributed by atoms with Gasteiger partial charge in [-0.15, -0.1) is 0 Å². The van der Waals surface area contributed by atoms with Crippen LogP contribution >= 0.6 is 0 Å². The molecule has 0 atom stereocenters. The van der Waals surface area contributed by atoms with Crippen LogP contribution in [-0.2, 0) is 67.0 Å². The van der Waals surface area contributed by atoms with Gasteiger partial charge >= 0.3 is 110 Å². The monoisotopic (exact) mass is 684 g/mol. The molecule has 0 radical (unpaired) electrons. The first kappa shape index (κ1) is 44.5. The molecule has 0 amide bonds. The maximum atomic E-state index is 9.82. The van der Waals surface area contributed by atoms with E-state index in [4.69, 9.17) is 46.2 Å². The van der Waals surface area contributed by atoms with Gasteiger partial charge in [-0.25, -0.2) is 0 Å². The van der Waals surface area contributed by atoms with Crippen molar-refractivity contribution in [3.63, 3.8) is 0 Å². The van der Waals surface area contributed by atoms with Gasteiger partial charge in [0.15, 0.2) is 0 Å². The van der Waals surface area contributed by atoms with Gasteiger partial charge < -0.3 is 26.1 Å². The van der Waals surface area contributed by atoms with Gasteiger partial charge in [-0.3, -0.25) is 13.2 Å². The van der Waals surface area contributed by atoms with Gasteiger partial charge in [-0.2, -0.15) is 0 Å². The first-order valence-corrected chi connectivity index (χ1v) is 11.8. The second kappa shape index (κ2) is 22.1. The van der Waals surface area contributed by atoms with E-state index in [0.29, 0.717) is 6.61 Å². The van der Waals surface area contributed by atoms with Crippen molar-refractivity contribution in [3.8, 4) is 0 Å². The summed E-state index contributed by atoms with van der Waals surface area (Å²) in [5.74, 6) is -0.211. The molecule has 8 N–H and O–H groups in total. The first-order chi connectivity index (χ1) is 8.77. The molecule has 0 unspecified atom stereocenters. The second-order valence-electron chi connectivity index (χ2n) is 2.15. The predicted molar refractivity (Wildman–Crippen MR) is 47.5 cm³/mol. The Morgan fingerprint density at radius 1 is 0.917 bits per heavy atom. The van der Waals surface area contributed by atoms with Crippen LogP contribution in [0.25, 0.3) is 0 Å². The van der Waals surface area contributed by atoms with Crippen molar-refractivity contribution >= 4 is 16.4 Å². The number of quaternary nitrogens is 2. The number of esters is 1. The summed E-state index contributed by atoms with van der Waals surface area (Å²) >= 11 is -12.0. The molecule has 0 aliphatic heterocycles. The van der Waals surface area contributed by atoms with Gasteiger partial charge in [0.1, 0.15) is 0 Å². The minimum absolute atomic E-state index is 0. The molecule has 16 nitrogen and oxygen atoms in total. The van der Waals surface area contributed by atoms with Crippen LogP contribution in [0.2, 0.25) is 0 Å². The third-order valence-corrected chi connectivity index (χ3v) is 0.348. The van der Waals surface area contributed by atoms with Gasteiger partial charge in [0.05, 0.1) is 6.61 Å². The third kappa shape index (κ3) is 682. The zero-order valence-electron chi connectivity index (χ0n) is 12.6. The number of rotatable bonds is 1. The van der Waals surface area contributed by atoms with Crippen LogP contribution in [0.5, 0.6) is 0 Å². The molecular formula is C4H16CeMo2N2O14S. The van der Waals surface area contributed by atoms with Crippen LogP contribution in [0.3, 0.4) is 0 Å². The molecule has 0 saturated heterocycles. The van der Waals surface area contributed by atoms with Gasteiger partial charge in [-0.05, 0) is 6.92 Å². The van der Waals surface area contributed by atoms with E-state index in [0.717, 1.165) is 0 Å². The van der Waals surface area contributed by atoms with Crippen LogP contribution < -0.4 is 27.3 Å². The summed E-state index contributed by atoms with van der Waals surface area (Å²) in [6, 6.07) is 0. The Bertz CT molecular complexity index is 475. The average molecular weight is 680 g/mol. The summed E-state index contributed by atoms with van der Waals surface area (Å²) in [4.78, 5) is 9.82. The van der Waals surface area contributed by atoms with E-state index in [1.807, 2.05) is 0 Å². The Kier molecular flexibility index (Phi) is 40.9. The van der Waals surface area contributed by atoms with E-state index in [2.05, 4.69) is 4.74 Å². The topological polar surface area (TPSA) is 340 Å². The average Bonchev–Trinajstić information content (AvgIpc) is 1.91. The standard InChI is InChI=1S/C4H8O2.Ce.2Mo.2H3N.H2O4S.8O/c1-3-6-4(2)5;;;;;;1-5(2,3)4;;;;;;;;/h3H2,1-2H3;;;;2*1H3;(H2,1,2,3,4);;;;;;;;/q;+4;;;;;;;;;;4*-1. The van der Waals surface area contributed by atoms with Crippen molar-refractivity contribution in [1.29, 1.82) is 0 Å². The predicted octanol–water partition coefficient (Wildman–Crippen LogP) is -5.25. The molecule has 24 heavy (non-hydrogen) atoms. The molecule has 20 heteroatoms. The number of carbonyl (C=O) groups is 1. The molecule has 0 aliphatic rings. The zero-order valence-corrected chi connectivity index (χ0v) is 20.6. The molecule has 148 valence electrons. The Morgan fingerprint density at radius 3 is 1.04 bits per heavy atom. The Morgan fingerprint density at radius 2 is 1.04 bits per heavy atom. The normalized spacial score (nSPS) is 9.17. The fourth-order valence-electron chi connectivity index (χ4n) is 0.203. The van der Waals surface area contributed by atoms with Crippen molar-refractivity contribution in [2.75, 3.05) is 6.61 Å². The Hall–Kier alpha value is 1.05. The summed E-state index contributed by atoms with van der Waals surface area (Å²) in [5.41, 5.74) is 0. The molecule has 0 aliphatic carbocycles. The summed E-state index contributed by atoms with van der Waals surface area (Å²) in [6.07, 6.45) is 0. The third-order valence-electron chi connectivity index (χ3n) is 0.348. The summed E-state index contributed by atoms with van der Waals surface area (Å²) in [5, 5.41) is 0. The van der Waals surface area contributed by atoms with Gasteiger partial charge in [-0.1, -0.05) is 0 Å². The van der Waals surface area contributed by atoms with Crippen LogP contribution in [0.4, 0.5) is 0 Å². The van der Waals surface area contributed by atoms with E-state index in [1.54, 1.807) is 6.92 Å². The van der Waals surface area contributed by atoms with Crippen molar-refractivity contribution < 1.29 is 131 Å². The number of carbonyl (C=O) groups excluding carboxylic acids is 1. The number of hydrogen-bond donors (Lipinski definition) is 2. The van der Waals surface area contributed by atoms with Crippen LogP contribution in [-0.4, -0.2) is 30.1 Å². The molecular weight excluding hydrogens is 664 g/mol. The van der Waals surface area contributed by atoms with Crippen molar-refractivity contribution in [1.82, 2.24) is 12.3 Å².